The Morgan fingerprint density at radius 2 is 2.17 bits per heavy atom. The molecule has 0 heterocycles. The summed E-state index contributed by atoms with van der Waals surface area (Å²) in [6.45, 7) is 3.93. The largest absolute Gasteiger partial charge is 0.394 e. The highest BCUT2D eigenvalue weighted by Gasteiger charge is 2.15. The molecule has 0 saturated heterocycles. The van der Waals surface area contributed by atoms with E-state index in [0.717, 1.165) is 0 Å². The number of benzene rings is 1. The minimum Gasteiger partial charge on any atom is -0.394 e. The number of amides is 1. The molecule has 0 fully saturated rings. The van der Waals surface area contributed by atoms with Crippen LogP contribution in [-0.2, 0) is 0 Å². The number of carbonyl (C=O) groups excluding carboxylic acids is 1. The van der Waals surface area contributed by atoms with Crippen molar-refractivity contribution in [2.45, 2.75) is 26.3 Å². The molecular formula is C13H17BrFNO2. The SMILES string of the molecule is CC(C)CC(CO)NC(=O)c1ccc(F)c(Br)c1. The molecule has 1 atom stereocenters. The number of nitrogens with one attached hydrogen (secondary N) is 1. The van der Waals surface area contributed by atoms with E-state index in [0.29, 0.717) is 17.9 Å². The van der Waals surface area contributed by atoms with Crippen molar-refractivity contribution in [3.8, 4) is 0 Å². The van der Waals surface area contributed by atoms with Crippen LogP contribution >= 0.6 is 15.9 Å². The van der Waals surface area contributed by atoms with Gasteiger partial charge >= 0.3 is 0 Å². The van der Waals surface area contributed by atoms with E-state index >= 15 is 0 Å². The molecule has 0 aromatic heterocycles. The Morgan fingerprint density at radius 3 is 2.67 bits per heavy atom. The lowest BCUT2D eigenvalue weighted by molar-refractivity contribution is 0.0908. The first-order chi connectivity index (χ1) is 8.43. The van der Waals surface area contributed by atoms with Crippen molar-refractivity contribution in [3.05, 3.63) is 34.1 Å². The lowest BCUT2D eigenvalue weighted by Crippen LogP contribution is -2.38. The molecule has 0 radical (unpaired) electrons. The predicted molar refractivity (Wildman–Crippen MR) is 71.9 cm³/mol. The molecule has 0 bridgehead atoms. The second-order valence-electron chi connectivity index (χ2n) is 4.61. The van der Waals surface area contributed by atoms with Crippen molar-refractivity contribution in [2.24, 2.45) is 5.92 Å². The van der Waals surface area contributed by atoms with E-state index in [2.05, 4.69) is 21.2 Å². The molecule has 1 rings (SSSR count). The molecule has 1 aromatic rings. The van der Waals surface area contributed by atoms with Gasteiger partial charge in [0.15, 0.2) is 0 Å². The Balaban J connectivity index is 2.71. The number of halogens is 2. The van der Waals surface area contributed by atoms with Crippen LogP contribution in [0.2, 0.25) is 0 Å². The van der Waals surface area contributed by atoms with E-state index < -0.39 is 5.82 Å². The van der Waals surface area contributed by atoms with Crippen molar-refractivity contribution in [1.29, 1.82) is 0 Å². The second-order valence-corrected chi connectivity index (χ2v) is 5.47. The monoisotopic (exact) mass is 317 g/mol. The van der Waals surface area contributed by atoms with Crippen LogP contribution in [0.4, 0.5) is 4.39 Å². The quantitative estimate of drug-likeness (QED) is 0.877. The van der Waals surface area contributed by atoms with Gasteiger partial charge in [0, 0.05) is 5.56 Å². The van der Waals surface area contributed by atoms with Gasteiger partial charge in [-0.15, -0.1) is 0 Å². The molecule has 1 amide bonds. The number of hydrogen-bond donors (Lipinski definition) is 2. The first-order valence-corrected chi connectivity index (χ1v) is 6.60. The Hall–Kier alpha value is -0.940. The van der Waals surface area contributed by atoms with Crippen molar-refractivity contribution >= 4 is 21.8 Å². The summed E-state index contributed by atoms with van der Waals surface area (Å²) in [5.41, 5.74) is 0.366. The van der Waals surface area contributed by atoms with Crippen molar-refractivity contribution in [2.75, 3.05) is 6.61 Å². The highest BCUT2D eigenvalue weighted by atomic mass is 79.9. The maximum absolute atomic E-state index is 13.0. The van der Waals surface area contributed by atoms with E-state index in [1.54, 1.807) is 0 Å². The van der Waals surface area contributed by atoms with Crippen molar-refractivity contribution in [1.82, 2.24) is 5.32 Å². The van der Waals surface area contributed by atoms with Gasteiger partial charge in [-0.1, -0.05) is 13.8 Å². The van der Waals surface area contributed by atoms with Crippen LogP contribution in [0.5, 0.6) is 0 Å². The molecule has 0 aliphatic carbocycles. The van der Waals surface area contributed by atoms with Gasteiger partial charge in [0.1, 0.15) is 5.82 Å². The highest BCUT2D eigenvalue weighted by Crippen LogP contribution is 2.17. The van der Waals surface area contributed by atoms with Crippen LogP contribution in [-0.4, -0.2) is 23.7 Å². The fourth-order valence-electron chi connectivity index (χ4n) is 1.65. The Labute approximate surface area is 115 Å². The summed E-state index contributed by atoms with van der Waals surface area (Å²) in [5.74, 6) is -0.342. The Bertz CT molecular complexity index is 423. The summed E-state index contributed by atoms with van der Waals surface area (Å²) in [4.78, 5) is 11.9. The van der Waals surface area contributed by atoms with Gasteiger partial charge in [-0.3, -0.25) is 4.79 Å². The van der Waals surface area contributed by atoms with Gasteiger partial charge in [-0.2, -0.15) is 0 Å². The molecule has 0 aliphatic rings. The number of carbonyl (C=O) groups is 1. The molecule has 1 unspecified atom stereocenters. The first kappa shape index (κ1) is 15.1. The Kier molecular flexibility index (Phi) is 5.75. The maximum atomic E-state index is 13.0. The van der Waals surface area contributed by atoms with Crippen LogP contribution < -0.4 is 5.32 Å². The molecule has 18 heavy (non-hydrogen) atoms. The zero-order valence-electron chi connectivity index (χ0n) is 10.4. The van der Waals surface area contributed by atoms with E-state index in [4.69, 9.17) is 0 Å². The molecule has 100 valence electrons. The zero-order chi connectivity index (χ0) is 13.7. The minimum absolute atomic E-state index is 0.105. The van der Waals surface area contributed by atoms with Gasteiger partial charge in [-0.25, -0.2) is 4.39 Å². The summed E-state index contributed by atoms with van der Waals surface area (Å²) in [6.07, 6.45) is 0.699. The normalized spacial score (nSPS) is 12.6. The molecular weight excluding hydrogens is 301 g/mol. The average molecular weight is 318 g/mol. The fourth-order valence-corrected chi connectivity index (χ4v) is 2.03. The van der Waals surface area contributed by atoms with Crippen LogP contribution in [0, 0.1) is 11.7 Å². The van der Waals surface area contributed by atoms with E-state index in [9.17, 15) is 14.3 Å². The van der Waals surface area contributed by atoms with E-state index in [1.807, 2.05) is 13.8 Å². The fraction of sp³-hybridized carbons (Fsp3) is 0.462. The molecule has 0 spiro atoms. The van der Waals surface area contributed by atoms with E-state index in [1.165, 1.54) is 18.2 Å². The third-order valence-electron chi connectivity index (χ3n) is 2.49. The smallest absolute Gasteiger partial charge is 0.251 e. The van der Waals surface area contributed by atoms with E-state index in [-0.39, 0.29) is 23.0 Å². The van der Waals surface area contributed by atoms with Crippen molar-refractivity contribution < 1.29 is 14.3 Å². The van der Waals surface area contributed by atoms with Gasteiger partial charge in [0.2, 0.25) is 0 Å². The van der Waals surface area contributed by atoms with Crippen LogP contribution in [0.3, 0.4) is 0 Å². The molecule has 1 aromatic carbocycles. The minimum atomic E-state index is -0.410. The lowest BCUT2D eigenvalue weighted by Gasteiger charge is -2.18. The number of hydrogen-bond acceptors (Lipinski definition) is 2. The third-order valence-corrected chi connectivity index (χ3v) is 3.10. The average Bonchev–Trinajstić information content (AvgIpc) is 2.31. The second kappa shape index (κ2) is 6.85. The topological polar surface area (TPSA) is 49.3 Å². The number of aliphatic hydroxyl groups is 1. The van der Waals surface area contributed by atoms with Crippen molar-refractivity contribution in [3.63, 3.8) is 0 Å². The summed E-state index contributed by atoms with van der Waals surface area (Å²) in [5, 5.41) is 11.9. The molecule has 0 aliphatic heterocycles. The summed E-state index contributed by atoms with van der Waals surface area (Å²) >= 11 is 3.03. The summed E-state index contributed by atoms with van der Waals surface area (Å²) < 4.78 is 13.3. The molecule has 2 N–H and O–H groups in total. The van der Waals surface area contributed by atoms with Gasteiger partial charge in [0.05, 0.1) is 17.1 Å². The van der Waals surface area contributed by atoms with Gasteiger partial charge in [0.25, 0.3) is 5.91 Å². The molecule has 3 nitrogen and oxygen atoms in total. The standard InChI is InChI=1S/C13H17BrFNO2/c1-8(2)5-10(7-17)16-13(18)9-3-4-12(15)11(14)6-9/h3-4,6,8,10,17H,5,7H2,1-2H3,(H,16,18). The van der Waals surface area contributed by atoms with Crippen LogP contribution in [0.25, 0.3) is 0 Å². The van der Waals surface area contributed by atoms with Crippen LogP contribution in [0.1, 0.15) is 30.6 Å². The first-order valence-electron chi connectivity index (χ1n) is 5.80. The lowest BCUT2D eigenvalue weighted by atomic mass is 10.0. The maximum Gasteiger partial charge on any atom is 0.251 e. The third kappa shape index (κ3) is 4.38. The summed E-state index contributed by atoms with van der Waals surface area (Å²) in [7, 11) is 0. The van der Waals surface area contributed by atoms with Gasteiger partial charge in [-0.05, 0) is 46.5 Å². The summed E-state index contributed by atoms with van der Waals surface area (Å²) in [6, 6.07) is 3.80. The Morgan fingerprint density at radius 1 is 1.50 bits per heavy atom. The molecule has 0 saturated carbocycles. The number of rotatable bonds is 5. The highest BCUT2D eigenvalue weighted by molar-refractivity contribution is 9.10. The molecule has 5 heteroatoms. The number of aliphatic hydroxyl groups excluding tert-OH is 1. The van der Waals surface area contributed by atoms with Gasteiger partial charge < -0.3 is 10.4 Å². The zero-order valence-corrected chi connectivity index (χ0v) is 12.0. The predicted octanol–water partition coefficient (Wildman–Crippen LogP) is 2.73. The van der Waals surface area contributed by atoms with Crippen LogP contribution in [0.15, 0.2) is 22.7 Å².